The van der Waals surface area contributed by atoms with E-state index in [0.717, 1.165) is 64.8 Å². The van der Waals surface area contributed by atoms with Crippen LogP contribution in [0.4, 0.5) is 17.1 Å². The number of para-hydroxylation sites is 1. The van der Waals surface area contributed by atoms with E-state index in [1.54, 1.807) is 0 Å². The van der Waals surface area contributed by atoms with Crippen molar-refractivity contribution in [1.82, 2.24) is 0 Å². The maximum absolute atomic E-state index is 10.2. The molecule has 0 bridgehead atoms. The molecule has 1 N–H and O–H groups in total. The second kappa shape index (κ2) is 16.8. The summed E-state index contributed by atoms with van der Waals surface area (Å²) in [5, 5.41) is 43.8. The van der Waals surface area contributed by atoms with E-state index in [1.807, 2.05) is 60.7 Å². The minimum absolute atomic E-state index is 0. The average Bonchev–Trinajstić information content (AvgIpc) is 2.95. The Morgan fingerprint density at radius 2 is 0.925 bits per heavy atom. The topological polar surface area (TPSA) is 179 Å². The molecule has 4 rings (SSSR count). The van der Waals surface area contributed by atoms with Crippen LogP contribution in [0.5, 0.6) is 0 Å². The van der Waals surface area contributed by atoms with E-state index in [1.165, 1.54) is 0 Å². The minimum Gasteiger partial charge on any atom is -0.545 e. The Labute approximate surface area is 243 Å². The molecule has 0 atom stereocenters. The van der Waals surface area contributed by atoms with Gasteiger partial charge in [-0.2, -0.15) is 0 Å². The molecule has 40 heavy (non-hydrogen) atoms. The second-order valence-corrected chi connectivity index (χ2v) is 7.78. The molecular weight excluding hydrogens is 590 g/mol. The van der Waals surface area contributed by atoms with Crippen molar-refractivity contribution in [1.29, 1.82) is 0 Å². The molecule has 11 nitrogen and oxygen atoms in total. The molecule has 0 unspecified atom stereocenters. The fraction of sp³-hybridized carbons (Fsp3) is 0. The first kappa shape index (κ1) is 33.1. The van der Waals surface area contributed by atoms with Gasteiger partial charge in [0.2, 0.25) is 0 Å². The van der Waals surface area contributed by atoms with Gasteiger partial charge in [-0.25, -0.2) is 0 Å². The van der Waals surface area contributed by atoms with Crippen molar-refractivity contribution in [3.63, 3.8) is 0 Å². The quantitative estimate of drug-likeness (QED) is 0.148. The maximum Gasteiger partial charge on any atom is 2.00 e. The van der Waals surface area contributed by atoms with E-state index >= 15 is 0 Å². The number of hydrogen-bond donors (Lipinski definition) is 1. The van der Waals surface area contributed by atoms with E-state index in [2.05, 4.69) is 5.32 Å². The number of nitro groups is 2. The SMILES string of the molecule is O=C([O-])c1ccc([N+](=O)[O-])cc1.O=C([O-])c1ccc([N+](=O)[O-])cc1.S=C(Nc1ccccc1)c1ccccc1.[Cu+2]. The van der Waals surface area contributed by atoms with Crippen LogP contribution >= 0.6 is 12.2 Å². The van der Waals surface area contributed by atoms with Gasteiger partial charge in [0.1, 0.15) is 4.99 Å². The van der Waals surface area contributed by atoms with E-state index in [0.29, 0.717) is 0 Å². The number of carboxylic acids is 2. The number of rotatable bonds is 6. The summed E-state index contributed by atoms with van der Waals surface area (Å²) in [6.07, 6.45) is 0. The molecule has 0 aromatic heterocycles. The predicted molar refractivity (Wildman–Crippen MR) is 143 cm³/mol. The molecule has 1 radical (unpaired) electrons. The largest absolute Gasteiger partial charge is 2.00 e. The number of hydrogen-bond acceptors (Lipinski definition) is 9. The Bertz CT molecular complexity index is 1300. The predicted octanol–water partition coefficient (Wildman–Crippen LogP) is 3.39. The number of nitro benzene ring substituents is 2. The van der Waals surface area contributed by atoms with Crippen molar-refractivity contribution >= 4 is 46.2 Å². The number of anilines is 1. The summed E-state index contributed by atoms with van der Waals surface area (Å²) >= 11 is 5.29. The molecule has 0 aliphatic heterocycles. The summed E-state index contributed by atoms with van der Waals surface area (Å²) in [5.74, 6) is -2.69. The molecule has 0 saturated heterocycles. The Morgan fingerprint density at radius 1 is 0.575 bits per heavy atom. The Hall–Kier alpha value is -4.97. The van der Waals surface area contributed by atoms with Gasteiger partial charge in [-0.1, -0.05) is 60.7 Å². The second-order valence-electron chi connectivity index (χ2n) is 7.37. The third-order valence-corrected chi connectivity index (χ3v) is 5.03. The number of aromatic carboxylic acids is 2. The van der Waals surface area contributed by atoms with Crippen LogP contribution in [0.3, 0.4) is 0 Å². The number of carbonyl (C=O) groups excluding carboxylic acids is 2. The first-order valence-corrected chi connectivity index (χ1v) is 11.3. The average molecular weight is 609 g/mol. The molecule has 13 heteroatoms. The fourth-order valence-corrected chi connectivity index (χ4v) is 3.01. The Balaban J connectivity index is 0.000000299. The van der Waals surface area contributed by atoms with Gasteiger partial charge in [0.25, 0.3) is 11.4 Å². The fourth-order valence-electron chi connectivity index (χ4n) is 2.75. The van der Waals surface area contributed by atoms with Crippen LogP contribution in [0.15, 0.2) is 109 Å². The molecule has 0 heterocycles. The molecule has 0 aliphatic rings. The number of benzene rings is 4. The molecule has 4 aromatic rings. The van der Waals surface area contributed by atoms with E-state index < -0.39 is 21.8 Å². The molecule has 0 saturated carbocycles. The zero-order valence-corrected chi connectivity index (χ0v) is 22.0. The van der Waals surface area contributed by atoms with Crippen LogP contribution in [0, 0.1) is 20.2 Å². The smallest absolute Gasteiger partial charge is 0.545 e. The van der Waals surface area contributed by atoms with Crippen LogP contribution in [0.1, 0.15) is 26.3 Å². The van der Waals surface area contributed by atoms with E-state index in [-0.39, 0.29) is 39.6 Å². The van der Waals surface area contributed by atoms with Crippen LogP contribution < -0.4 is 15.5 Å². The van der Waals surface area contributed by atoms with Crippen LogP contribution in [0.2, 0.25) is 0 Å². The molecule has 0 spiro atoms. The zero-order valence-electron chi connectivity index (χ0n) is 20.3. The van der Waals surface area contributed by atoms with Gasteiger partial charge >= 0.3 is 17.1 Å². The van der Waals surface area contributed by atoms with Gasteiger partial charge in [0.05, 0.1) is 21.8 Å². The third-order valence-electron chi connectivity index (χ3n) is 4.70. The van der Waals surface area contributed by atoms with E-state index in [9.17, 15) is 40.0 Å². The van der Waals surface area contributed by atoms with Crippen molar-refractivity contribution in [3.8, 4) is 0 Å². The number of non-ortho nitro benzene ring substituents is 2. The monoisotopic (exact) mass is 608 g/mol. The van der Waals surface area contributed by atoms with Gasteiger partial charge in [0, 0.05) is 35.5 Å². The Morgan fingerprint density at radius 3 is 1.25 bits per heavy atom. The number of nitrogens with one attached hydrogen (secondary N) is 1. The van der Waals surface area contributed by atoms with Crippen LogP contribution in [-0.4, -0.2) is 26.8 Å². The first-order valence-electron chi connectivity index (χ1n) is 10.9. The summed E-state index contributed by atoms with van der Waals surface area (Å²) < 4.78 is 0. The van der Waals surface area contributed by atoms with Crippen molar-refractivity contribution in [3.05, 3.63) is 146 Å². The third kappa shape index (κ3) is 11.2. The Kier molecular flexibility index (Phi) is 13.9. The minimum atomic E-state index is -1.34. The van der Waals surface area contributed by atoms with E-state index in [4.69, 9.17) is 12.2 Å². The maximum atomic E-state index is 10.2. The summed E-state index contributed by atoms with van der Waals surface area (Å²) in [6, 6.07) is 28.9. The number of nitrogens with zero attached hydrogens (tertiary/aromatic N) is 2. The number of carboxylic acid groups (broad SMARTS) is 2. The summed E-state index contributed by atoms with van der Waals surface area (Å²) in [4.78, 5) is 40.2. The van der Waals surface area contributed by atoms with Gasteiger partial charge in [0.15, 0.2) is 0 Å². The van der Waals surface area contributed by atoms with Crippen molar-refractivity contribution in [2.75, 3.05) is 5.32 Å². The first-order chi connectivity index (χ1) is 18.6. The van der Waals surface area contributed by atoms with Gasteiger partial charge < -0.3 is 25.1 Å². The van der Waals surface area contributed by atoms with Crippen LogP contribution in [0.25, 0.3) is 0 Å². The van der Waals surface area contributed by atoms with Crippen molar-refractivity contribution in [2.24, 2.45) is 0 Å². The summed E-state index contributed by atoms with van der Waals surface area (Å²) in [7, 11) is 0. The standard InChI is InChI=1S/C13H11NS.2C7H5NO4.Cu/c15-13(11-7-3-1-4-8-11)14-12-9-5-2-6-10-12;2*9-7(10)5-1-3-6(4-2-5)8(11)12;/h1-10H,(H,14,15);2*1-4H,(H,9,10);/q;;;+2/p-2. The van der Waals surface area contributed by atoms with Gasteiger partial charge in [-0.05, 0) is 47.5 Å². The molecular formula is C27H19CuN3O8S. The van der Waals surface area contributed by atoms with Gasteiger partial charge in [-0.15, -0.1) is 0 Å². The zero-order chi connectivity index (χ0) is 28.8. The molecule has 0 aliphatic carbocycles. The molecule has 0 fully saturated rings. The molecule has 207 valence electrons. The van der Waals surface area contributed by atoms with Crippen LogP contribution in [-0.2, 0) is 17.1 Å². The molecule has 4 aromatic carbocycles. The summed E-state index contributed by atoms with van der Waals surface area (Å²) in [5.41, 5.74) is 1.64. The summed E-state index contributed by atoms with van der Waals surface area (Å²) in [6.45, 7) is 0. The number of thiocarbonyl (C=S) groups is 1. The van der Waals surface area contributed by atoms with Gasteiger partial charge in [-0.3, -0.25) is 20.2 Å². The van der Waals surface area contributed by atoms with Crippen molar-refractivity contribution < 1.29 is 46.7 Å². The number of carbonyl (C=O) groups is 2. The molecule has 0 amide bonds. The van der Waals surface area contributed by atoms with Crippen molar-refractivity contribution in [2.45, 2.75) is 0 Å². The normalized spacial score (nSPS) is 9.20.